The van der Waals surface area contributed by atoms with Gasteiger partial charge in [-0.1, -0.05) is 44.3 Å². The van der Waals surface area contributed by atoms with Crippen molar-refractivity contribution in [1.82, 2.24) is 0 Å². The van der Waals surface area contributed by atoms with Crippen molar-refractivity contribution in [3.8, 4) is 0 Å². The van der Waals surface area contributed by atoms with E-state index < -0.39 is 0 Å². The van der Waals surface area contributed by atoms with Crippen molar-refractivity contribution in [3.63, 3.8) is 0 Å². The molecule has 22 heavy (non-hydrogen) atoms. The van der Waals surface area contributed by atoms with Gasteiger partial charge >= 0.3 is 5.97 Å². The van der Waals surface area contributed by atoms with Gasteiger partial charge in [0.15, 0.2) is 0 Å². The first-order valence-corrected chi connectivity index (χ1v) is 9.35. The van der Waals surface area contributed by atoms with Crippen molar-refractivity contribution in [2.45, 2.75) is 70.6 Å². The number of thiol groups is 1. The summed E-state index contributed by atoms with van der Waals surface area (Å²) in [4.78, 5) is 11.6. The Bertz CT molecular complexity index is 392. The molecular formula is C19H30O2S. The predicted molar refractivity (Wildman–Crippen MR) is 96.3 cm³/mol. The Morgan fingerprint density at radius 1 is 1.00 bits per heavy atom. The van der Waals surface area contributed by atoms with E-state index in [0.29, 0.717) is 13.0 Å². The number of unbranched alkanes of at least 4 members (excludes halogenated alkanes) is 7. The minimum Gasteiger partial charge on any atom is -0.466 e. The second-order valence-corrected chi connectivity index (χ2v) is 6.27. The molecule has 3 heteroatoms. The van der Waals surface area contributed by atoms with E-state index in [2.05, 4.69) is 24.4 Å². The van der Waals surface area contributed by atoms with E-state index in [9.17, 15) is 4.79 Å². The standard InChI is InChI=1S/C19H30O2S/c20-19(15-9-8-14-18-12-6-7-13-18)21-16-10-4-2-1-3-5-11-17-22/h6-7,12,22H,1-5,8-11,14-17H2. The molecule has 0 aliphatic heterocycles. The molecule has 2 nitrogen and oxygen atoms in total. The largest absolute Gasteiger partial charge is 0.466 e. The predicted octanol–water partition coefficient (Wildman–Crippen LogP) is 5.40. The van der Waals surface area contributed by atoms with Crippen LogP contribution in [0.5, 0.6) is 0 Å². The van der Waals surface area contributed by atoms with Gasteiger partial charge in [-0.05, 0) is 49.5 Å². The van der Waals surface area contributed by atoms with Gasteiger partial charge in [-0.3, -0.25) is 4.79 Å². The first-order chi connectivity index (χ1) is 10.8. The van der Waals surface area contributed by atoms with Crippen LogP contribution in [0, 0.1) is 0 Å². The van der Waals surface area contributed by atoms with Crippen LogP contribution >= 0.6 is 12.6 Å². The molecule has 0 amide bonds. The summed E-state index contributed by atoms with van der Waals surface area (Å²) in [7, 11) is 0. The topological polar surface area (TPSA) is 26.3 Å². The van der Waals surface area contributed by atoms with E-state index in [1.165, 1.54) is 44.1 Å². The summed E-state index contributed by atoms with van der Waals surface area (Å²) in [6.07, 6.45) is 18.0. The fourth-order valence-electron chi connectivity index (χ4n) is 2.46. The second kappa shape index (κ2) is 13.7. The summed E-state index contributed by atoms with van der Waals surface area (Å²) in [5.74, 6) is 0.960. The first kappa shape index (κ1) is 19.1. The van der Waals surface area contributed by atoms with Gasteiger partial charge in [0.05, 0.1) is 6.61 Å². The average molecular weight is 323 g/mol. The van der Waals surface area contributed by atoms with Crippen LogP contribution in [0.2, 0.25) is 0 Å². The molecule has 0 bridgehead atoms. The molecule has 124 valence electrons. The molecule has 0 saturated heterocycles. The number of hydrogen-bond acceptors (Lipinski definition) is 3. The SMILES string of the molecule is O=C(CCCCC1=C=CC=C1)OCCCCCCCCCS. The molecule has 0 aromatic rings. The lowest BCUT2D eigenvalue weighted by Gasteiger charge is -2.05. The molecule has 1 aliphatic rings. The summed E-state index contributed by atoms with van der Waals surface area (Å²) in [5, 5.41) is 0. The first-order valence-electron chi connectivity index (χ1n) is 8.71. The summed E-state index contributed by atoms with van der Waals surface area (Å²) in [6.45, 7) is 0.589. The number of carbonyl (C=O) groups excluding carboxylic acids is 1. The highest BCUT2D eigenvalue weighted by Crippen LogP contribution is 2.13. The summed E-state index contributed by atoms with van der Waals surface area (Å²) < 4.78 is 5.27. The van der Waals surface area contributed by atoms with Crippen LogP contribution in [-0.4, -0.2) is 18.3 Å². The van der Waals surface area contributed by atoms with Crippen LogP contribution in [0.15, 0.2) is 29.5 Å². The summed E-state index contributed by atoms with van der Waals surface area (Å²) >= 11 is 4.21. The van der Waals surface area contributed by atoms with Crippen LogP contribution in [0.1, 0.15) is 70.6 Å². The minimum absolute atomic E-state index is 0.0414. The second-order valence-electron chi connectivity index (χ2n) is 5.82. The third-order valence-electron chi connectivity index (χ3n) is 3.80. The highest BCUT2D eigenvalue weighted by Gasteiger charge is 2.03. The molecule has 0 spiro atoms. The lowest BCUT2D eigenvalue weighted by Crippen LogP contribution is -2.05. The van der Waals surface area contributed by atoms with Gasteiger partial charge in [-0.25, -0.2) is 0 Å². The Morgan fingerprint density at radius 3 is 2.41 bits per heavy atom. The molecule has 0 unspecified atom stereocenters. The van der Waals surface area contributed by atoms with Crippen molar-refractivity contribution in [2.75, 3.05) is 12.4 Å². The molecule has 0 fully saturated rings. The molecule has 0 radical (unpaired) electrons. The molecule has 0 atom stereocenters. The molecule has 1 aliphatic carbocycles. The van der Waals surface area contributed by atoms with Crippen molar-refractivity contribution in [1.29, 1.82) is 0 Å². The molecule has 1 rings (SSSR count). The van der Waals surface area contributed by atoms with Crippen molar-refractivity contribution >= 4 is 18.6 Å². The number of ether oxygens (including phenoxy) is 1. The highest BCUT2D eigenvalue weighted by atomic mass is 32.1. The van der Waals surface area contributed by atoms with Gasteiger partial charge < -0.3 is 4.74 Å². The Labute approximate surface area is 141 Å². The van der Waals surface area contributed by atoms with Crippen LogP contribution < -0.4 is 0 Å². The van der Waals surface area contributed by atoms with Gasteiger partial charge in [-0.2, -0.15) is 12.6 Å². The van der Waals surface area contributed by atoms with E-state index in [4.69, 9.17) is 4.74 Å². The molecule has 0 aromatic carbocycles. The maximum Gasteiger partial charge on any atom is 0.305 e. The average Bonchev–Trinajstić information content (AvgIpc) is 3.03. The van der Waals surface area contributed by atoms with E-state index in [0.717, 1.165) is 31.4 Å². The van der Waals surface area contributed by atoms with Gasteiger partial charge in [0.25, 0.3) is 0 Å². The smallest absolute Gasteiger partial charge is 0.305 e. The van der Waals surface area contributed by atoms with Gasteiger partial charge in [0.1, 0.15) is 0 Å². The van der Waals surface area contributed by atoms with Gasteiger partial charge in [0, 0.05) is 6.42 Å². The molecule has 0 heterocycles. The van der Waals surface area contributed by atoms with Gasteiger partial charge in [0.2, 0.25) is 0 Å². The van der Waals surface area contributed by atoms with Crippen LogP contribution in [-0.2, 0) is 9.53 Å². The molecular weight excluding hydrogens is 292 g/mol. The van der Waals surface area contributed by atoms with Crippen LogP contribution in [0.3, 0.4) is 0 Å². The zero-order valence-electron chi connectivity index (χ0n) is 13.7. The van der Waals surface area contributed by atoms with Crippen molar-refractivity contribution in [3.05, 3.63) is 29.5 Å². The third kappa shape index (κ3) is 10.8. The Balaban J connectivity index is 1.81. The Morgan fingerprint density at radius 2 is 1.73 bits per heavy atom. The molecule has 0 N–H and O–H groups in total. The van der Waals surface area contributed by atoms with E-state index >= 15 is 0 Å². The fraction of sp³-hybridized carbons (Fsp3) is 0.684. The Hall–Kier alpha value is -0.920. The third-order valence-corrected chi connectivity index (χ3v) is 4.12. The maximum atomic E-state index is 11.6. The van der Waals surface area contributed by atoms with Crippen LogP contribution in [0.25, 0.3) is 0 Å². The fourth-order valence-corrected chi connectivity index (χ4v) is 2.69. The number of hydrogen-bond donors (Lipinski definition) is 1. The van der Waals surface area contributed by atoms with E-state index in [-0.39, 0.29) is 5.97 Å². The van der Waals surface area contributed by atoms with E-state index in [1.807, 2.05) is 12.2 Å². The number of rotatable bonds is 14. The van der Waals surface area contributed by atoms with E-state index in [1.54, 1.807) is 0 Å². The summed E-state index contributed by atoms with van der Waals surface area (Å²) in [6, 6.07) is 0. The monoisotopic (exact) mass is 322 g/mol. The highest BCUT2D eigenvalue weighted by molar-refractivity contribution is 7.80. The minimum atomic E-state index is -0.0414. The van der Waals surface area contributed by atoms with Crippen molar-refractivity contribution < 1.29 is 9.53 Å². The quantitative estimate of drug-likeness (QED) is 0.200. The normalized spacial score (nSPS) is 12.7. The zero-order valence-corrected chi connectivity index (χ0v) is 14.6. The van der Waals surface area contributed by atoms with Crippen LogP contribution in [0.4, 0.5) is 0 Å². The lowest BCUT2D eigenvalue weighted by molar-refractivity contribution is -0.143. The Kier molecular flexibility index (Phi) is 11.9. The number of carbonyl (C=O) groups is 1. The zero-order chi connectivity index (χ0) is 15.9. The number of allylic oxidation sites excluding steroid dienone is 3. The van der Waals surface area contributed by atoms with Crippen molar-refractivity contribution in [2.24, 2.45) is 0 Å². The molecule has 0 saturated carbocycles. The molecule has 0 aromatic heterocycles. The lowest BCUT2D eigenvalue weighted by atomic mass is 10.1. The number of esters is 1. The summed E-state index contributed by atoms with van der Waals surface area (Å²) in [5.41, 5.74) is 4.41. The van der Waals surface area contributed by atoms with Gasteiger partial charge in [-0.15, -0.1) is 5.73 Å². The maximum absolute atomic E-state index is 11.6.